The lowest BCUT2D eigenvalue weighted by molar-refractivity contribution is 0.436. The summed E-state index contributed by atoms with van der Waals surface area (Å²) in [5.41, 5.74) is 21.0. The van der Waals surface area contributed by atoms with Crippen LogP contribution in [0, 0.1) is 0 Å². The zero-order valence-corrected chi connectivity index (χ0v) is 40.7. The SMILES string of the molecule is c1ccc(-c2ccc(-c3ccc(N(c4ccc5c(c4)C4(c6ccccc6Oc6cc7ccccc7cc64)c4ccccc4-5)c4cccc5c4-c4ccccc4C54c5ccccc5Oc5ccccc54)cc3)cc2)cc1. The van der Waals surface area contributed by atoms with Gasteiger partial charge in [0.25, 0.3) is 0 Å². The molecule has 3 nitrogen and oxygen atoms in total. The van der Waals surface area contributed by atoms with Gasteiger partial charge in [0, 0.05) is 39.2 Å². The van der Waals surface area contributed by atoms with Gasteiger partial charge in [-0.3, -0.25) is 0 Å². The topological polar surface area (TPSA) is 21.7 Å². The number of hydrogen-bond acceptors (Lipinski definition) is 3. The van der Waals surface area contributed by atoms with E-state index in [-0.39, 0.29) is 0 Å². The molecule has 2 aliphatic carbocycles. The molecule has 2 heterocycles. The maximum atomic E-state index is 6.96. The van der Waals surface area contributed by atoms with Gasteiger partial charge in [-0.25, -0.2) is 0 Å². The van der Waals surface area contributed by atoms with Crippen LogP contribution in [0.15, 0.2) is 273 Å². The van der Waals surface area contributed by atoms with Gasteiger partial charge in [-0.05, 0) is 133 Å². The van der Waals surface area contributed by atoms with Crippen LogP contribution in [0.2, 0.25) is 0 Å². The standard InChI is InChI=1S/C72H45NO2/c1-2-17-46(18-3-1)47-33-35-48(36-34-47)49-37-39-52(40-38-49)73(65-29-16-28-62-70(65)56-22-7-9-24-58(56)71(62)59-25-10-13-30-66(59)74-67-31-14-11-26-60(67)71)53-41-42-55-54-21-6-8-23-57(54)72(63(55)45-53)61-27-12-15-32-68(61)75-69-44-51-20-5-4-19-50(51)43-64(69)72/h1-45H. The lowest BCUT2D eigenvalue weighted by atomic mass is 9.65. The molecule has 0 amide bonds. The van der Waals surface area contributed by atoms with Gasteiger partial charge in [0.05, 0.1) is 16.5 Å². The summed E-state index contributed by atoms with van der Waals surface area (Å²) in [6.45, 7) is 0. The fourth-order valence-electron chi connectivity index (χ4n) is 13.5. The van der Waals surface area contributed by atoms with Gasteiger partial charge in [-0.1, -0.05) is 212 Å². The minimum absolute atomic E-state index is 0.628. The molecule has 1 atom stereocenters. The van der Waals surface area contributed by atoms with Crippen LogP contribution in [0.1, 0.15) is 44.5 Å². The normalized spacial score (nSPS) is 15.3. The Morgan fingerprint density at radius 2 is 0.693 bits per heavy atom. The maximum absolute atomic E-state index is 6.96. The average molecular weight is 956 g/mol. The zero-order valence-electron chi connectivity index (χ0n) is 40.7. The molecule has 350 valence electrons. The van der Waals surface area contributed by atoms with Crippen LogP contribution >= 0.6 is 0 Å². The second-order valence-electron chi connectivity index (χ2n) is 20.2. The van der Waals surface area contributed by atoms with Crippen molar-refractivity contribution in [3.05, 3.63) is 317 Å². The molecule has 0 bridgehead atoms. The van der Waals surface area contributed by atoms with Crippen LogP contribution in [0.4, 0.5) is 17.1 Å². The summed E-state index contributed by atoms with van der Waals surface area (Å²) in [5.74, 6) is 3.51. The van der Waals surface area contributed by atoms with E-state index in [2.05, 4.69) is 278 Å². The third-order valence-corrected chi connectivity index (χ3v) is 16.6. The minimum atomic E-state index is -0.678. The first-order valence-corrected chi connectivity index (χ1v) is 25.9. The quantitative estimate of drug-likeness (QED) is 0.172. The first kappa shape index (κ1) is 41.9. The molecule has 0 radical (unpaired) electrons. The monoisotopic (exact) mass is 955 g/mol. The minimum Gasteiger partial charge on any atom is -0.457 e. The number of hydrogen-bond donors (Lipinski definition) is 0. The number of rotatable bonds is 5. The molecule has 16 rings (SSSR count). The van der Waals surface area contributed by atoms with Crippen molar-refractivity contribution < 1.29 is 9.47 Å². The molecular formula is C72H45NO2. The summed E-state index contributed by atoms with van der Waals surface area (Å²) in [5, 5.41) is 2.33. The largest absolute Gasteiger partial charge is 0.457 e. The molecule has 3 heteroatoms. The van der Waals surface area contributed by atoms with E-state index in [0.717, 1.165) is 73.3 Å². The molecule has 0 fully saturated rings. The lowest BCUT2D eigenvalue weighted by Crippen LogP contribution is -2.32. The summed E-state index contributed by atoms with van der Waals surface area (Å²) >= 11 is 0. The van der Waals surface area contributed by atoms with E-state index >= 15 is 0 Å². The number of para-hydroxylation sites is 3. The van der Waals surface area contributed by atoms with Gasteiger partial charge in [-0.15, -0.1) is 0 Å². The maximum Gasteiger partial charge on any atom is 0.132 e. The van der Waals surface area contributed by atoms with Crippen molar-refractivity contribution in [1.29, 1.82) is 0 Å². The lowest BCUT2D eigenvalue weighted by Gasteiger charge is -2.40. The van der Waals surface area contributed by atoms with Crippen LogP contribution in [-0.4, -0.2) is 0 Å². The number of fused-ring (bicyclic) bond motifs is 19. The fourth-order valence-corrected chi connectivity index (χ4v) is 13.5. The molecule has 2 aliphatic heterocycles. The molecule has 0 N–H and O–H groups in total. The Bertz CT molecular complexity index is 4260. The molecule has 0 aromatic heterocycles. The highest BCUT2D eigenvalue weighted by Crippen LogP contribution is 2.66. The Hall–Kier alpha value is -9.70. The van der Waals surface area contributed by atoms with Gasteiger partial charge in [-0.2, -0.15) is 0 Å². The second-order valence-corrected chi connectivity index (χ2v) is 20.2. The van der Waals surface area contributed by atoms with Crippen LogP contribution in [-0.2, 0) is 10.8 Å². The van der Waals surface area contributed by atoms with Crippen molar-refractivity contribution in [2.45, 2.75) is 10.8 Å². The van der Waals surface area contributed by atoms with Crippen molar-refractivity contribution >= 4 is 27.8 Å². The fraction of sp³-hybridized carbons (Fsp3) is 0.0278. The Morgan fingerprint density at radius 1 is 0.253 bits per heavy atom. The van der Waals surface area contributed by atoms with Gasteiger partial charge in [0.15, 0.2) is 0 Å². The van der Waals surface area contributed by atoms with E-state index in [1.807, 2.05) is 0 Å². The van der Waals surface area contributed by atoms with Crippen LogP contribution in [0.25, 0.3) is 55.3 Å². The van der Waals surface area contributed by atoms with Crippen LogP contribution in [0.5, 0.6) is 23.0 Å². The van der Waals surface area contributed by atoms with Crippen LogP contribution in [0.3, 0.4) is 0 Å². The Kier molecular flexibility index (Phi) is 8.88. The summed E-state index contributed by atoms with van der Waals surface area (Å²) in [7, 11) is 0. The Morgan fingerprint density at radius 3 is 1.33 bits per heavy atom. The van der Waals surface area contributed by atoms with Gasteiger partial charge in [0.1, 0.15) is 23.0 Å². The summed E-state index contributed by atoms with van der Waals surface area (Å²) in [6.07, 6.45) is 0. The number of benzene rings is 12. The van der Waals surface area contributed by atoms with E-state index in [1.54, 1.807) is 0 Å². The van der Waals surface area contributed by atoms with Gasteiger partial charge >= 0.3 is 0 Å². The predicted octanol–water partition coefficient (Wildman–Crippen LogP) is 18.6. The van der Waals surface area contributed by atoms with Crippen molar-refractivity contribution in [2.75, 3.05) is 4.90 Å². The first-order chi connectivity index (χ1) is 37.2. The molecule has 75 heavy (non-hydrogen) atoms. The van der Waals surface area contributed by atoms with Crippen molar-refractivity contribution in [3.8, 4) is 67.5 Å². The van der Waals surface area contributed by atoms with Gasteiger partial charge in [0.2, 0.25) is 0 Å². The summed E-state index contributed by atoms with van der Waals surface area (Å²) < 4.78 is 13.7. The molecule has 2 spiro atoms. The van der Waals surface area contributed by atoms with E-state index in [0.29, 0.717) is 0 Å². The molecule has 1 unspecified atom stereocenters. The highest BCUT2D eigenvalue weighted by Gasteiger charge is 2.53. The smallest absolute Gasteiger partial charge is 0.132 e. The van der Waals surface area contributed by atoms with Crippen molar-refractivity contribution in [3.63, 3.8) is 0 Å². The highest BCUT2D eigenvalue weighted by molar-refractivity contribution is 6.00. The Balaban J connectivity index is 0.956. The average Bonchev–Trinajstić information content (AvgIpc) is 4.15. The Labute approximate surface area is 435 Å². The molecule has 4 aliphatic rings. The summed E-state index contributed by atoms with van der Waals surface area (Å²) in [4.78, 5) is 2.51. The van der Waals surface area contributed by atoms with E-state index in [1.165, 1.54) is 66.6 Å². The predicted molar refractivity (Wildman–Crippen MR) is 304 cm³/mol. The van der Waals surface area contributed by atoms with Crippen molar-refractivity contribution in [1.82, 2.24) is 0 Å². The first-order valence-electron chi connectivity index (χ1n) is 25.9. The highest BCUT2D eigenvalue weighted by atomic mass is 16.5. The van der Waals surface area contributed by atoms with E-state index in [4.69, 9.17) is 9.47 Å². The summed E-state index contributed by atoms with van der Waals surface area (Å²) in [6, 6.07) is 100. The number of anilines is 3. The number of nitrogens with zero attached hydrogens (tertiary/aromatic N) is 1. The molecule has 12 aromatic rings. The van der Waals surface area contributed by atoms with Crippen molar-refractivity contribution in [2.24, 2.45) is 0 Å². The number of ether oxygens (including phenoxy) is 2. The molecule has 12 aromatic carbocycles. The second kappa shape index (κ2) is 15.9. The van der Waals surface area contributed by atoms with Gasteiger partial charge < -0.3 is 14.4 Å². The van der Waals surface area contributed by atoms with Crippen LogP contribution < -0.4 is 14.4 Å². The van der Waals surface area contributed by atoms with E-state index < -0.39 is 10.8 Å². The molecular weight excluding hydrogens is 911 g/mol. The molecule has 0 saturated heterocycles. The van der Waals surface area contributed by atoms with E-state index in [9.17, 15) is 0 Å². The zero-order chi connectivity index (χ0) is 49.2. The third kappa shape index (κ3) is 5.81. The molecule has 0 saturated carbocycles. The third-order valence-electron chi connectivity index (χ3n) is 16.6.